The van der Waals surface area contributed by atoms with Crippen LogP contribution in [-0.2, 0) is 15.9 Å². The lowest BCUT2D eigenvalue weighted by Crippen LogP contribution is -2.50. The Morgan fingerprint density at radius 2 is 2.40 bits per heavy atom. The highest BCUT2D eigenvalue weighted by Crippen LogP contribution is 2.42. The van der Waals surface area contributed by atoms with Gasteiger partial charge in [0.05, 0.1) is 25.4 Å². The van der Waals surface area contributed by atoms with E-state index in [1.54, 1.807) is 19.1 Å². The van der Waals surface area contributed by atoms with Gasteiger partial charge in [-0.25, -0.2) is 9.18 Å². The quantitative estimate of drug-likeness (QED) is 0.780. The normalized spacial score (nSPS) is 28.0. The van der Waals surface area contributed by atoms with E-state index < -0.39 is 11.8 Å². The lowest BCUT2D eigenvalue weighted by Gasteiger charge is -2.35. The van der Waals surface area contributed by atoms with Gasteiger partial charge < -0.3 is 14.2 Å². The van der Waals surface area contributed by atoms with Crippen molar-refractivity contribution in [2.24, 2.45) is 0 Å². The third kappa shape index (κ3) is 2.16. The highest BCUT2D eigenvalue weighted by molar-refractivity contribution is 5.90. The number of alkyl halides is 1. The van der Waals surface area contributed by atoms with E-state index in [0.29, 0.717) is 37.4 Å². The maximum atomic E-state index is 14.1. The van der Waals surface area contributed by atoms with Crippen LogP contribution in [0.5, 0.6) is 5.75 Å². The van der Waals surface area contributed by atoms with E-state index in [1.165, 1.54) is 0 Å². The average Bonchev–Trinajstić information content (AvgIpc) is 2.80. The molecule has 2 unspecified atom stereocenters. The summed E-state index contributed by atoms with van der Waals surface area (Å²) in [5.41, 5.74) is 0.543. The SMILES string of the molecule is CCOC(=O)c1ccc2c(c1)OC1(CCOCC1F)C2. The molecule has 1 fully saturated rings. The zero-order valence-corrected chi connectivity index (χ0v) is 11.4. The second-order valence-electron chi connectivity index (χ2n) is 5.18. The average molecular weight is 280 g/mol. The number of hydrogen-bond acceptors (Lipinski definition) is 4. The molecule has 2 aliphatic heterocycles. The van der Waals surface area contributed by atoms with Crippen molar-refractivity contribution in [3.8, 4) is 5.75 Å². The van der Waals surface area contributed by atoms with Gasteiger partial charge in [-0.3, -0.25) is 0 Å². The summed E-state index contributed by atoms with van der Waals surface area (Å²) < 4.78 is 30.1. The molecule has 5 heteroatoms. The molecular weight excluding hydrogens is 263 g/mol. The lowest BCUT2D eigenvalue weighted by molar-refractivity contribution is -0.0954. The number of fused-ring (bicyclic) bond motifs is 1. The van der Waals surface area contributed by atoms with Crippen LogP contribution in [0, 0.1) is 0 Å². The van der Waals surface area contributed by atoms with Gasteiger partial charge in [-0.2, -0.15) is 0 Å². The highest BCUT2D eigenvalue weighted by Gasteiger charge is 2.48. The van der Waals surface area contributed by atoms with E-state index in [-0.39, 0.29) is 12.6 Å². The molecule has 1 saturated heterocycles. The third-order valence-electron chi connectivity index (χ3n) is 3.89. The molecule has 0 radical (unpaired) electrons. The fourth-order valence-corrected chi connectivity index (χ4v) is 2.77. The molecule has 3 rings (SSSR count). The van der Waals surface area contributed by atoms with E-state index in [0.717, 1.165) is 5.56 Å². The van der Waals surface area contributed by atoms with E-state index in [4.69, 9.17) is 14.2 Å². The second-order valence-corrected chi connectivity index (χ2v) is 5.18. The monoisotopic (exact) mass is 280 g/mol. The number of halogens is 1. The number of hydrogen-bond donors (Lipinski definition) is 0. The molecule has 1 aromatic rings. The van der Waals surface area contributed by atoms with E-state index in [1.807, 2.05) is 6.07 Å². The predicted molar refractivity (Wildman–Crippen MR) is 69.8 cm³/mol. The van der Waals surface area contributed by atoms with E-state index >= 15 is 0 Å². The molecule has 0 bridgehead atoms. The first-order valence-electron chi connectivity index (χ1n) is 6.85. The molecular formula is C15H17FO4. The van der Waals surface area contributed by atoms with Crippen LogP contribution < -0.4 is 4.74 Å². The molecule has 2 aliphatic rings. The Bertz CT molecular complexity index is 531. The third-order valence-corrected chi connectivity index (χ3v) is 3.89. The predicted octanol–water partition coefficient (Wildman–Crippen LogP) is 2.30. The zero-order chi connectivity index (χ0) is 14.2. The summed E-state index contributed by atoms with van der Waals surface area (Å²) in [6.07, 6.45) is -0.0946. The van der Waals surface area contributed by atoms with Crippen molar-refractivity contribution in [1.82, 2.24) is 0 Å². The molecule has 108 valence electrons. The minimum Gasteiger partial charge on any atom is -0.483 e. The molecule has 0 amide bonds. The standard InChI is InChI=1S/C15H17FO4/c1-2-19-14(17)10-3-4-11-8-15(20-12(11)7-10)5-6-18-9-13(15)16/h3-4,7,13H,2,5-6,8-9H2,1H3. The summed E-state index contributed by atoms with van der Waals surface area (Å²) in [5, 5.41) is 0. The first-order valence-corrected chi connectivity index (χ1v) is 6.85. The molecule has 4 nitrogen and oxygen atoms in total. The first kappa shape index (κ1) is 13.4. The van der Waals surface area contributed by atoms with Gasteiger partial charge in [-0.05, 0) is 24.6 Å². The van der Waals surface area contributed by atoms with Crippen molar-refractivity contribution in [3.05, 3.63) is 29.3 Å². The molecule has 2 heterocycles. The summed E-state index contributed by atoms with van der Waals surface area (Å²) >= 11 is 0. The Morgan fingerprint density at radius 3 is 3.15 bits per heavy atom. The van der Waals surface area contributed by atoms with Gasteiger partial charge in [0.2, 0.25) is 0 Å². The van der Waals surface area contributed by atoms with Crippen LogP contribution in [0.2, 0.25) is 0 Å². The Balaban J connectivity index is 1.84. The first-order chi connectivity index (χ1) is 9.64. The molecule has 0 aromatic heterocycles. The number of carbonyl (C=O) groups is 1. The van der Waals surface area contributed by atoms with Crippen LogP contribution >= 0.6 is 0 Å². The largest absolute Gasteiger partial charge is 0.483 e. The topological polar surface area (TPSA) is 44.8 Å². The van der Waals surface area contributed by atoms with Crippen molar-refractivity contribution >= 4 is 5.97 Å². The summed E-state index contributed by atoms with van der Waals surface area (Å²) in [6, 6.07) is 5.16. The number of esters is 1. The molecule has 0 saturated carbocycles. The number of rotatable bonds is 2. The second kappa shape index (κ2) is 5.05. The van der Waals surface area contributed by atoms with Gasteiger partial charge >= 0.3 is 5.97 Å². The van der Waals surface area contributed by atoms with Gasteiger partial charge in [-0.15, -0.1) is 0 Å². The van der Waals surface area contributed by atoms with E-state index in [9.17, 15) is 9.18 Å². The van der Waals surface area contributed by atoms with Gasteiger partial charge in [-0.1, -0.05) is 6.07 Å². The van der Waals surface area contributed by atoms with Gasteiger partial charge in [0, 0.05) is 12.8 Å². The fourth-order valence-electron chi connectivity index (χ4n) is 2.77. The number of carbonyl (C=O) groups excluding carboxylic acids is 1. The molecule has 20 heavy (non-hydrogen) atoms. The van der Waals surface area contributed by atoms with Crippen LogP contribution in [0.4, 0.5) is 4.39 Å². The van der Waals surface area contributed by atoms with Crippen LogP contribution in [0.25, 0.3) is 0 Å². The Morgan fingerprint density at radius 1 is 1.55 bits per heavy atom. The zero-order valence-electron chi connectivity index (χ0n) is 11.4. The van der Waals surface area contributed by atoms with Crippen LogP contribution in [0.3, 0.4) is 0 Å². The molecule has 1 aromatic carbocycles. The molecule has 1 spiro atoms. The Labute approximate surface area is 116 Å². The summed E-state index contributed by atoms with van der Waals surface area (Å²) in [7, 11) is 0. The molecule has 0 N–H and O–H groups in total. The molecule has 2 atom stereocenters. The molecule has 0 aliphatic carbocycles. The van der Waals surface area contributed by atoms with Crippen molar-refractivity contribution in [2.45, 2.75) is 31.5 Å². The maximum absolute atomic E-state index is 14.1. The van der Waals surface area contributed by atoms with Crippen molar-refractivity contribution < 1.29 is 23.4 Å². The van der Waals surface area contributed by atoms with Crippen LogP contribution in [0.1, 0.15) is 29.3 Å². The van der Waals surface area contributed by atoms with Gasteiger partial charge in [0.1, 0.15) is 11.4 Å². The van der Waals surface area contributed by atoms with Crippen molar-refractivity contribution in [2.75, 3.05) is 19.8 Å². The van der Waals surface area contributed by atoms with Crippen LogP contribution in [0.15, 0.2) is 18.2 Å². The summed E-state index contributed by atoms with van der Waals surface area (Å²) in [6.45, 7) is 2.65. The Kier molecular flexibility index (Phi) is 3.38. The van der Waals surface area contributed by atoms with Gasteiger partial charge in [0.15, 0.2) is 6.17 Å². The summed E-state index contributed by atoms with van der Waals surface area (Å²) in [4.78, 5) is 11.7. The number of ether oxygens (including phenoxy) is 3. The van der Waals surface area contributed by atoms with Crippen molar-refractivity contribution in [1.29, 1.82) is 0 Å². The number of benzene rings is 1. The Hall–Kier alpha value is -1.62. The van der Waals surface area contributed by atoms with Crippen molar-refractivity contribution in [3.63, 3.8) is 0 Å². The van der Waals surface area contributed by atoms with E-state index in [2.05, 4.69) is 0 Å². The summed E-state index contributed by atoms with van der Waals surface area (Å²) in [5.74, 6) is 0.198. The maximum Gasteiger partial charge on any atom is 0.338 e. The van der Waals surface area contributed by atoms with Gasteiger partial charge in [0.25, 0.3) is 0 Å². The minimum absolute atomic E-state index is 0.0682. The lowest BCUT2D eigenvalue weighted by atomic mass is 9.88. The van der Waals surface area contributed by atoms with Crippen LogP contribution in [-0.4, -0.2) is 37.6 Å². The highest BCUT2D eigenvalue weighted by atomic mass is 19.1. The minimum atomic E-state index is -1.14. The smallest absolute Gasteiger partial charge is 0.338 e. The fraction of sp³-hybridized carbons (Fsp3) is 0.533.